The highest BCUT2D eigenvalue weighted by Crippen LogP contribution is 2.44. The molecule has 0 amide bonds. The first-order valence-corrected chi connectivity index (χ1v) is 21.3. The first-order chi connectivity index (χ1) is 31.7. The zero-order valence-corrected chi connectivity index (χ0v) is 34.2. The highest BCUT2D eigenvalue weighted by molar-refractivity contribution is 6.19. The molecule has 0 atom stereocenters. The van der Waals surface area contributed by atoms with Gasteiger partial charge in [-0.25, -0.2) is 29.9 Å². The van der Waals surface area contributed by atoms with Crippen LogP contribution < -0.4 is 0 Å². The average Bonchev–Trinajstić information content (AvgIpc) is 4.11. The van der Waals surface area contributed by atoms with E-state index >= 15 is 0 Å². The van der Waals surface area contributed by atoms with Gasteiger partial charge in [-0.2, -0.15) is 0 Å². The number of aromatic nitrogens is 8. The fourth-order valence-corrected chi connectivity index (χ4v) is 9.38. The summed E-state index contributed by atoms with van der Waals surface area (Å²) in [6.07, 6.45) is 0. The Labute approximate surface area is 366 Å². The minimum Gasteiger partial charge on any atom is -0.324 e. The molecule has 2 aliphatic rings. The van der Waals surface area contributed by atoms with E-state index in [1.54, 1.807) is 0 Å². The van der Waals surface area contributed by atoms with Crippen LogP contribution in [0.2, 0.25) is 0 Å². The van der Waals surface area contributed by atoms with E-state index in [9.17, 15) is 0 Å². The minimum atomic E-state index is 0.550. The van der Waals surface area contributed by atoms with E-state index in [0.29, 0.717) is 45.9 Å². The predicted octanol–water partition coefficient (Wildman–Crippen LogP) is 13.5. The molecule has 0 spiro atoms. The van der Waals surface area contributed by atoms with Gasteiger partial charge in [-0.1, -0.05) is 194 Å². The molecule has 8 heteroatoms. The molecular formula is C56H34N8. The molecular weight excluding hydrogens is 785 g/mol. The van der Waals surface area contributed by atoms with E-state index in [1.165, 1.54) is 0 Å². The maximum absolute atomic E-state index is 5.45. The minimum absolute atomic E-state index is 0.550. The third-order valence-electron chi connectivity index (χ3n) is 12.3. The van der Waals surface area contributed by atoms with Crippen LogP contribution in [-0.2, 0) is 0 Å². The van der Waals surface area contributed by atoms with Gasteiger partial charge in [-0.15, -0.1) is 0 Å². The molecule has 0 aliphatic carbocycles. The summed E-state index contributed by atoms with van der Waals surface area (Å²) in [4.78, 5) is 39.8. The van der Waals surface area contributed by atoms with Crippen LogP contribution in [0, 0.1) is 0 Å². The number of nitrogens with one attached hydrogen (secondary N) is 2. The molecule has 0 saturated carbocycles. The SMILES string of the molecule is c1ccc(-c2ccc(-c3ccccc3)c3c4nc5nc(nc6[nH]c(nc7nc(nc([nH]4)c23)-c2ccccc2-7)c2c(-c3ccccc3)ccc(-c3ccccc3)c62)-c2ccccc2-5)cc1. The van der Waals surface area contributed by atoms with Gasteiger partial charge in [0.25, 0.3) is 0 Å². The van der Waals surface area contributed by atoms with Crippen molar-refractivity contribution >= 4 is 44.1 Å². The summed E-state index contributed by atoms with van der Waals surface area (Å²) in [5.74, 6) is 2.20. The van der Waals surface area contributed by atoms with Crippen molar-refractivity contribution in [2.24, 2.45) is 0 Å². The Morgan fingerprint density at radius 1 is 0.203 bits per heavy atom. The molecule has 298 valence electrons. The molecule has 8 aromatic carbocycles. The summed E-state index contributed by atoms with van der Waals surface area (Å²) < 4.78 is 0. The fourth-order valence-electron chi connectivity index (χ4n) is 9.38. The number of aromatic amines is 2. The average molecular weight is 819 g/mol. The molecule has 8 bridgehead atoms. The van der Waals surface area contributed by atoms with Gasteiger partial charge >= 0.3 is 0 Å². The molecule has 0 fully saturated rings. The highest BCUT2D eigenvalue weighted by Gasteiger charge is 2.25. The van der Waals surface area contributed by atoms with Crippen LogP contribution in [0.25, 0.3) is 134 Å². The van der Waals surface area contributed by atoms with Gasteiger partial charge in [0.05, 0.1) is 0 Å². The van der Waals surface area contributed by atoms with Crippen LogP contribution in [0.5, 0.6) is 0 Å². The van der Waals surface area contributed by atoms with Crippen molar-refractivity contribution in [3.8, 4) is 90.1 Å². The molecule has 64 heavy (non-hydrogen) atoms. The summed E-state index contributed by atoms with van der Waals surface area (Å²) in [7, 11) is 0. The molecule has 8 nitrogen and oxygen atoms in total. The Kier molecular flexibility index (Phi) is 8.04. The fraction of sp³-hybridized carbons (Fsp3) is 0. The third kappa shape index (κ3) is 5.70. The van der Waals surface area contributed by atoms with Crippen LogP contribution in [0.15, 0.2) is 194 Å². The number of hydrogen-bond donors (Lipinski definition) is 2. The largest absolute Gasteiger partial charge is 0.324 e. The third-order valence-corrected chi connectivity index (χ3v) is 12.3. The summed E-state index contributed by atoms with van der Waals surface area (Å²) in [5, 5.41) is 3.73. The van der Waals surface area contributed by atoms with Gasteiger partial charge in [0.1, 0.15) is 22.6 Å². The number of benzene rings is 8. The van der Waals surface area contributed by atoms with Gasteiger partial charge < -0.3 is 9.97 Å². The molecule has 0 radical (unpaired) electrons. The van der Waals surface area contributed by atoms with Gasteiger partial charge in [0, 0.05) is 43.8 Å². The number of nitrogens with zero attached hydrogens (tertiary/aromatic N) is 6. The Morgan fingerprint density at radius 2 is 0.422 bits per heavy atom. The van der Waals surface area contributed by atoms with Crippen LogP contribution in [0.1, 0.15) is 0 Å². The lowest BCUT2D eigenvalue weighted by Gasteiger charge is -2.09. The molecule has 2 N–H and O–H groups in total. The van der Waals surface area contributed by atoms with E-state index in [2.05, 4.69) is 156 Å². The second-order valence-corrected chi connectivity index (χ2v) is 16.0. The monoisotopic (exact) mass is 818 g/mol. The number of hydrogen-bond acceptors (Lipinski definition) is 6. The van der Waals surface area contributed by atoms with Gasteiger partial charge in [0.15, 0.2) is 23.3 Å². The maximum atomic E-state index is 5.45. The molecule has 13 rings (SSSR count). The Hall–Kier alpha value is -8.88. The number of fused-ring (bicyclic) bond motifs is 20. The van der Waals surface area contributed by atoms with Crippen molar-refractivity contribution in [3.63, 3.8) is 0 Å². The molecule has 0 saturated heterocycles. The summed E-state index contributed by atoms with van der Waals surface area (Å²) >= 11 is 0. The molecule has 2 aliphatic heterocycles. The normalized spacial score (nSPS) is 11.8. The second kappa shape index (κ2) is 14.4. The van der Waals surface area contributed by atoms with Crippen molar-refractivity contribution < 1.29 is 0 Å². The standard InChI is InChI=1S/C56H34N8/c1-5-17-33(18-6-1)37-29-30-38(34-19-7-2-8-20-34)46-45(37)53-59-49-41-25-13-14-26-42(41)51(57-49)61-55-47-39(35-21-9-3-10-22-35)31-32-40(36-23-11-4-12-24-36)48(47)56(64-55)62-52-44-28-16-15-27-43(44)50(58-52)60-54(46)63-53/h1-32H,(H2,57,58,59,60,61,62,63,64). The lowest BCUT2D eigenvalue weighted by Crippen LogP contribution is -1.86. The van der Waals surface area contributed by atoms with Crippen LogP contribution in [0.4, 0.5) is 0 Å². The smallest absolute Gasteiger partial charge is 0.164 e. The van der Waals surface area contributed by atoms with Crippen molar-refractivity contribution in [2.45, 2.75) is 0 Å². The van der Waals surface area contributed by atoms with E-state index in [4.69, 9.17) is 29.9 Å². The molecule has 5 heterocycles. The van der Waals surface area contributed by atoms with Crippen LogP contribution in [-0.4, -0.2) is 39.9 Å². The van der Waals surface area contributed by atoms with Crippen molar-refractivity contribution in [2.75, 3.05) is 0 Å². The van der Waals surface area contributed by atoms with E-state index in [1.807, 2.05) is 48.5 Å². The molecule has 11 aromatic rings. The Balaban J connectivity index is 1.25. The highest BCUT2D eigenvalue weighted by atomic mass is 15.1. The lowest BCUT2D eigenvalue weighted by atomic mass is 9.94. The second-order valence-electron chi connectivity index (χ2n) is 16.0. The predicted molar refractivity (Wildman–Crippen MR) is 258 cm³/mol. The van der Waals surface area contributed by atoms with Crippen LogP contribution in [0.3, 0.4) is 0 Å². The quantitative estimate of drug-likeness (QED) is 0.183. The lowest BCUT2D eigenvalue weighted by molar-refractivity contribution is 1.19. The van der Waals surface area contributed by atoms with E-state index in [0.717, 1.165) is 88.3 Å². The Bertz CT molecular complexity index is 3330. The van der Waals surface area contributed by atoms with Gasteiger partial charge in [-0.05, 0) is 44.5 Å². The topological polar surface area (TPSA) is 109 Å². The van der Waals surface area contributed by atoms with Crippen molar-refractivity contribution in [1.82, 2.24) is 39.9 Å². The summed E-state index contributed by atoms with van der Waals surface area (Å²) in [5.41, 5.74) is 14.4. The summed E-state index contributed by atoms with van der Waals surface area (Å²) in [6.45, 7) is 0. The molecule has 3 aromatic heterocycles. The van der Waals surface area contributed by atoms with Gasteiger partial charge in [-0.3, -0.25) is 0 Å². The van der Waals surface area contributed by atoms with E-state index < -0.39 is 0 Å². The number of rotatable bonds is 4. The van der Waals surface area contributed by atoms with Gasteiger partial charge in [0.2, 0.25) is 0 Å². The molecule has 0 unspecified atom stereocenters. The first-order valence-electron chi connectivity index (χ1n) is 21.3. The zero-order chi connectivity index (χ0) is 42.1. The summed E-state index contributed by atoms with van der Waals surface area (Å²) in [6, 6.07) is 66.8. The van der Waals surface area contributed by atoms with E-state index in [-0.39, 0.29) is 0 Å². The Morgan fingerprint density at radius 3 is 0.656 bits per heavy atom. The van der Waals surface area contributed by atoms with Crippen molar-refractivity contribution in [3.05, 3.63) is 194 Å². The number of H-pyrrole nitrogens is 2. The van der Waals surface area contributed by atoms with Crippen LogP contribution >= 0.6 is 0 Å². The first kappa shape index (κ1) is 35.8. The van der Waals surface area contributed by atoms with Crippen molar-refractivity contribution in [1.29, 1.82) is 0 Å². The zero-order valence-electron chi connectivity index (χ0n) is 34.2. The maximum Gasteiger partial charge on any atom is 0.164 e.